The van der Waals surface area contributed by atoms with Gasteiger partial charge in [0.1, 0.15) is 0 Å². The minimum atomic E-state index is 0.804. The molecule has 0 bridgehead atoms. The van der Waals surface area contributed by atoms with Gasteiger partial charge in [0, 0.05) is 17.6 Å². The van der Waals surface area contributed by atoms with Gasteiger partial charge >= 0.3 is 0 Å². The van der Waals surface area contributed by atoms with E-state index in [2.05, 4.69) is 24.5 Å². The first-order chi connectivity index (χ1) is 3.84. The van der Waals surface area contributed by atoms with Crippen LogP contribution in [0.15, 0.2) is 12.3 Å². The van der Waals surface area contributed by atoms with E-state index in [-0.39, 0.29) is 0 Å². The molecular weight excluding hydrogens is 118 g/mol. The highest BCUT2D eigenvalue weighted by atomic mass is 32.1. The van der Waals surface area contributed by atoms with Gasteiger partial charge in [-0.25, -0.2) is 0 Å². The fourth-order valence-corrected chi connectivity index (χ4v) is 0.993. The molecule has 2 heteroatoms. The van der Waals surface area contributed by atoms with Crippen LogP contribution in [0.3, 0.4) is 0 Å². The van der Waals surface area contributed by atoms with Crippen molar-refractivity contribution in [2.45, 2.75) is 12.7 Å². The zero-order valence-electron chi connectivity index (χ0n) is 4.81. The third-order valence-electron chi connectivity index (χ3n) is 1.23. The van der Waals surface area contributed by atoms with Crippen LogP contribution in [0, 0.1) is 6.92 Å². The largest absolute Gasteiger partial charge is 0.364 e. The monoisotopic (exact) mass is 127 g/mol. The van der Waals surface area contributed by atoms with Gasteiger partial charge in [-0.1, -0.05) is 0 Å². The summed E-state index contributed by atoms with van der Waals surface area (Å²) in [6, 6.07) is 2.05. The Morgan fingerprint density at radius 1 is 1.75 bits per heavy atom. The van der Waals surface area contributed by atoms with Crippen LogP contribution >= 0.6 is 12.6 Å². The minimum Gasteiger partial charge on any atom is -0.364 e. The Kier molecular flexibility index (Phi) is 1.63. The van der Waals surface area contributed by atoms with Crippen molar-refractivity contribution >= 4 is 12.6 Å². The van der Waals surface area contributed by atoms with Crippen molar-refractivity contribution in [2.24, 2.45) is 0 Å². The second-order valence-corrected chi connectivity index (χ2v) is 2.11. The van der Waals surface area contributed by atoms with Crippen LogP contribution in [0.4, 0.5) is 0 Å². The van der Waals surface area contributed by atoms with Crippen LogP contribution in [0.1, 0.15) is 11.3 Å². The zero-order chi connectivity index (χ0) is 5.98. The van der Waals surface area contributed by atoms with Gasteiger partial charge in [0.15, 0.2) is 0 Å². The number of hydrogen-bond donors (Lipinski definition) is 2. The van der Waals surface area contributed by atoms with Crippen LogP contribution in [-0.4, -0.2) is 4.98 Å². The summed E-state index contributed by atoms with van der Waals surface area (Å²) in [6.07, 6.45) is 1.93. The first-order valence-electron chi connectivity index (χ1n) is 2.58. The molecule has 0 unspecified atom stereocenters. The molecule has 1 rings (SSSR count). The maximum atomic E-state index is 4.11. The van der Waals surface area contributed by atoms with Gasteiger partial charge in [-0.2, -0.15) is 12.6 Å². The number of thiol groups is 1. The number of aromatic amines is 1. The molecular formula is C6H9NS. The maximum absolute atomic E-state index is 4.11. The smallest absolute Gasteiger partial charge is 0.0308 e. The number of nitrogens with one attached hydrogen (secondary N) is 1. The molecule has 44 valence electrons. The van der Waals surface area contributed by atoms with E-state index in [0.717, 1.165) is 5.75 Å². The predicted molar refractivity (Wildman–Crippen MR) is 38.2 cm³/mol. The lowest BCUT2D eigenvalue weighted by molar-refractivity contribution is 1.21. The highest BCUT2D eigenvalue weighted by Gasteiger charge is 1.91. The summed E-state index contributed by atoms with van der Waals surface area (Å²) < 4.78 is 0. The molecule has 0 aromatic carbocycles. The summed E-state index contributed by atoms with van der Waals surface area (Å²) in [7, 11) is 0. The predicted octanol–water partition coefficient (Wildman–Crippen LogP) is 1.75. The van der Waals surface area contributed by atoms with E-state index in [0.29, 0.717) is 0 Å². The van der Waals surface area contributed by atoms with Crippen LogP contribution in [-0.2, 0) is 5.75 Å². The molecule has 1 aromatic rings. The van der Waals surface area contributed by atoms with Gasteiger partial charge in [0.05, 0.1) is 0 Å². The Hall–Kier alpha value is -0.370. The Labute approximate surface area is 54.5 Å². The van der Waals surface area contributed by atoms with Crippen LogP contribution in [0.25, 0.3) is 0 Å². The Morgan fingerprint density at radius 3 is 2.75 bits per heavy atom. The van der Waals surface area contributed by atoms with Crippen molar-refractivity contribution in [2.75, 3.05) is 0 Å². The molecule has 0 aliphatic carbocycles. The second-order valence-electron chi connectivity index (χ2n) is 1.80. The third kappa shape index (κ3) is 0.892. The molecule has 1 heterocycles. The van der Waals surface area contributed by atoms with Crippen LogP contribution < -0.4 is 0 Å². The fraction of sp³-hybridized carbons (Fsp3) is 0.333. The number of hydrogen-bond acceptors (Lipinski definition) is 1. The minimum absolute atomic E-state index is 0.804. The van der Waals surface area contributed by atoms with Gasteiger partial charge < -0.3 is 4.98 Å². The number of H-pyrrole nitrogens is 1. The molecule has 0 aliphatic heterocycles. The summed E-state index contributed by atoms with van der Waals surface area (Å²) in [5.41, 5.74) is 2.51. The Bertz CT molecular complexity index is 169. The van der Waals surface area contributed by atoms with E-state index in [9.17, 15) is 0 Å². The highest BCUT2D eigenvalue weighted by Crippen LogP contribution is 2.05. The second kappa shape index (κ2) is 2.27. The standard InChI is InChI=1S/C6H9NS/c1-5-2-3-7-6(5)4-8/h2-3,7-8H,4H2,1H3. The zero-order valence-corrected chi connectivity index (χ0v) is 5.70. The van der Waals surface area contributed by atoms with E-state index in [1.54, 1.807) is 0 Å². The van der Waals surface area contributed by atoms with Crippen molar-refractivity contribution in [3.63, 3.8) is 0 Å². The first kappa shape index (κ1) is 5.76. The summed E-state index contributed by atoms with van der Waals surface area (Å²) in [4.78, 5) is 3.08. The topological polar surface area (TPSA) is 15.8 Å². The SMILES string of the molecule is Cc1cc[nH]c1CS. The lowest BCUT2D eigenvalue weighted by Crippen LogP contribution is -1.77. The quantitative estimate of drug-likeness (QED) is 0.535. The lowest BCUT2D eigenvalue weighted by atomic mass is 10.3. The van der Waals surface area contributed by atoms with Gasteiger partial charge in [-0.15, -0.1) is 0 Å². The summed E-state index contributed by atoms with van der Waals surface area (Å²) >= 11 is 4.11. The van der Waals surface area contributed by atoms with Crippen molar-refractivity contribution in [3.8, 4) is 0 Å². The average Bonchev–Trinajstić information content (AvgIpc) is 2.14. The van der Waals surface area contributed by atoms with E-state index in [1.807, 2.05) is 12.3 Å². The van der Waals surface area contributed by atoms with Crippen molar-refractivity contribution in [3.05, 3.63) is 23.5 Å². The summed E-state index contributed by atoms with van der Waals surface area (Å²) in [5.74, 6) is 0.804. The molecule has 8 heavy (non-hydrogen) atoms. The molecule has 1 aromatic heterocycles. The molecule has 0 fully saturated rings. The molecule has 0 saturated carbocycles. The summed E-state index contributed by atoms with van der Waals surface area (Å²) in [5, 5.41) is 0. The lowest BCUT2D eigenvalue weighted by Gasteiger charge is -1.88. The van der Waals surface area contributed by atoms with E-state index >= 15 is 0 Å². The first-order valence-corrected chi connectivity index (χ1v) is 3.21. The molecule has 1 nitrogen and oxygen atoms in total. The van der Waals surface area contributed by atoms with Crippen molar-refractivity contribution < 1.29 is 0 Å². The van der Waals surface area contributed by atoms with Crippen LogP contribution in [0.2, 0.25) is 0 Å². The Balaban J connectivity index is 2.92. The number of aromatic nitrogens is 1. The van der Waals surface area contributed by atoms with E-state index in [4.69, 9.17) is 0 Å². The van der Waals surface area contributed by atoms with Crippen molar-refractivity contribution in [1.82, 2.24) is 4.98 Å². The molecule has 0 aliphatic rings. The van der Waals surface area contributed by atoms with Gasteiger partial charge in [0.25, 0.3) is 0 Å². The summed E-state index contributed by atoms with van der Waals surface area (Å²) in [6.45, 7) is 2.07. The van der Waals surface area contributed by atoms with Gasteiger partial charge in [0.2, 0.25) is 0 Å². The molecule has 0 spiro atoms. The third-order valence-corrected chi connectivity index (χ3v) is 1.54. The molecule has 0 radical (unpaired) electrons. The average molecular weight is 127 g/mol. The number of aryl methyl sites for hydroxylation is 1. The normalized spacial score (nSPS) is 9.75. The van der Waals surface area contributed by atoms with Gasteiger partial charge in [-0.3, -0.25) is 0 Å². The Morgan fingerprint density at radius 2 is 2.50 bits per heavy atom. The highest BCUT2D eigenvalue weighted by molar-refractivity contribution is 7.79. The van der Waals surface area contributed by atoms with Crippen LogP contribution in [0.5, 0.6) is 0 Å². The van der Waals surface area contributed by atoms with E-state index in [1.165, 1.54) is 11.3 Å². The fourth-order valence-electron chi connectivity index (χ4n) is 0.652. The molecule has 0 amide bonds. The molecule has 0 atom stereocenters. The van der Waals surface area contributed by atoms with Crippen molar-refractivity contribution in [1.29, 1.82) is 0 Å². The van der Waals surface area contributed by atoms with E-state index < -0.39 is 0 Å². The molecule has 0 saturated heterocycles. The maximum Gasteiger partial charge on any atom is 0.0308 e. The molecule has 1 N–H and O–H groups in total. The number of rotatable bonds is 1. The van der Waals surface area contributed by atoms with Gasteiger partial charge in [-0.05, 0) is 18.6 Å².